The molecule has 5 heteroatoms. The lowest BCUT2D eigenvalue weighted by Crippen LogP contribution is -2.25. The van der Waals surface area contributed by atoms with Crippen LogP contribution in [-0.4, -0.2) is 29.4 Å². The van der Waals surface area contributed by atoms with Gasteiger partial charge < -0.3 is 19.7 Å². The first-order valence-corrected chi connectivity index (χ1v) is 7.25. The average molecular weight is 296 g/mol. The maximum atomic E-state index is 10.8. The van der Waals surface area contributed by atoms with Gasteiger partial charge in [-0.25, -0.2) is 0 Å². The summed E-state index contributed by atoms with van der Waals surface area (Å²) in [7, 11) is 0. The molecule has 0 aromatic heterocycles. The van der Waals surface area contributed by atoms with Crippen molar-refractivity contribution in [3.05, 3.63) is 23.8 Å². The van der Waals surface area contributed by atoms with Gasteiger partial charge in [0, 0.05) is 0 Å². The number of ether oxygens (including phenoxy) is 2. The summed E-state index contributed by atoms with van der Waals surface area (Å²) in [6.07, 6.45) is 1.37. The van der Waals surface area contributed by atoms with E-state index in [1.165, 1.54) is 6.92 Å². The normalized spacial score (nSPS) is 13.5. The lowest BCUT2D eigenvalue weighted by Gasteiger charge is -2.23. The molecule has 0 aliphatic carbocycles. The van der Waals surface area contributed by atoms with Gasteiger partial charge in [-0.3, -0.25) is 4.79 Å². The van der Waals surface area contributed by atoms with Crippen LogP contribution in [0, 0.1) is 0 Å². The van der Waals surface area contributed by atoms with Gasteiger partial charge in [-0.15, -0.1) is 0 Å². The summed E-state index contributed by atoms with van der Waals surface area (Å²) in [4.78, 5) is 10.8. The Hall–Kier alpha value is -1.75. The summed E-state index contributed by atoms with van der Waals surface area (Å²) < 4.78 is 11.2. The number of carboxylic acid groups (broad SMARTS) is 1. The molecule has 21 heavy (non-hydrogen) atoms. The lowest BCUT2D eigenvalue weighted by atomic mass is 9.92. The molecule has 0 saturated heterocycles. The molecular formula is C16H24O5. The predicted octanol–water partition coefficient (Wildman–Crippen LogP) is 2.95. The molecule has 0 saturated carbocycles. The fourth-order valence-electron chi connectivity index (χ4n) is 1.90. The number of carboxylic acids is 1. The Balaban J connectivity index is 3.04. The fourth-order valence-corrected chi connectivity index (χ4v) is 1.90. The molecule has 0 radical (unpaired) electrons. The van der Waals surface area contributed by atoms with Crippen molar-refractivity contribution in [2.75, 3.05) is 13.2 Å². The Kier molecular flexibility index (Phi) is 6.49. The number of hydrogen-bond acceptors (Lipinski definition) is 4. The zero-order valence-electron chi connectivity index (χ0n) is 12.9. The Morgan fingerprint density at radius 1 is 1.14 bits per heavy atom. The molecule has 1 aromatic carbocycles. The van der Waals surface area contributed by atoms with Crippen LogP contribution in [0.25, 0.3) is 0 Å². The molecule has 0 fully saturated rings. The molecule has 0 aliphatic heterocycles. The standard InChI is InChI=1S/C16H24O5/c1-4-8-20-13-7-6-12(10-14(13)21-9-5-2)16(3,19)11-15(17)18/h6-7,10,19H,4-5,8-9,11H2,1-3H3,(H,17,18). The van der Waals surface area contributed by atoms with Crippen molar-refractivity contribution in [2.24, 2.45) is 0 Å². The first-order valence-electron chi connectivity index (χ1n) is 7.25. The second kappa shape index (κ2) is 7.88. The minimum absolute atomic E-state index is 0.366. The first kappa shape index (κ1) is 17.3. The van der Waals surface area contributed by atoms with Gasteiger partial charge in [0.05, 0.1) is 25.2 Å². The predicted molar refractivity (Wildman–Crippen MR) is 79.8 cm³/mol. The van der Waals surface area contributed by atoms with Crippen LogP contribution in [0.5, 0.6) is 11.5 Å². The van der Waals surface area contributed by atoms with Gasteiger partial charge in [0.15, 0.2) is 11.5 Å². The second-order valence-electron chi connectivity index (χ2n) is 5.20. The Bertz CT molecular complexity index is 468. The number of hydrogen-bond donors (Lipinski definition) is 2. The molecule has 0 aliphatic rings. The Morgan fingerprint density at radius 2 is 1.71 bits per heavy atom. The average Bonchev–Trinajstić information content (AvgIpc) is 2.41. The molecule has 1 rings (SSSR count). The Morgan fingerprint density at radius 3 is 2.24 bits per heavy atom. The van der Waals surface area contributed by atoms with Crippen LogP contribution >= 0.6 is 0 Å². The van der Waals surface area contributed by atoms with Gasteiger partial charge in [0.1, 0.15) is 0 Å². The molecular weight excluding hydrogens is 272 g/mol. The third kappa shape index (κ3) is 5.27. The van der Waals surface area contributed by atoms with Crippen molar-refractivity contribution in [3.63, 3.8) is 0 Å². The topological polar surface area (TPSA) is 76.0 Å². The van der Waals surface area contributed by atoms with Gasteiger partial charge in [0.25, 0.3) is 0 Å². The highest BCUT2D eigenvalue weighted by Gasteiger charge is 2.27. The van der Waals surface area contributed by atoms with Crippen molar-refractivity contribution >= 4 is 5.97 Å². The molecule has 5 nitrogen and oxygen atoms in total. The molecule has 2 N–H and O–H groups in total. The zero-order valence-corrected chi connectivity index (χ0v) is 12.9. The van der Waals surface area contributed by atoms with Crippen LogP contribution in [0.15, 0.2) is 18.2 Å². The molecule has 0 heterocycles. The summed E-state index contributed by atoms with van der Waals surface area (Å²) in [5.41, 5.74) is -0.945. The quantitative estimate of drug-likeness (QED) is 0.732. The van der Waals surface area contributed by atoms with E-state index in [0.717, 1.165) is 12.8 Å². The summed E-state index contributed by atoms with van der Waals surface area (Å²) in [5, 5.41) is 19.2. The number of rotatable bonds is 9. The van der Waals surface area contributed by atoms with Gasteiger partial charge in [-0.1, -0.05) is 19.9 Å². The molecule has 1 unspecified atom stereocenters. The largest absolute Gasteiger partial charge is 0.490 e. The van der Waals surface area contributed by atoms with Crippen molar-refractivity contribution in [1.29, 1.82) is 0 Å². The van der Waals surface area contributed by atoms with E-state index in [2.05, 4.69) is 0 Å². The number of benzene rings is 1. The summed E-state index contributed by atoms with van der Waals surface area (Å²) >= 11 is 0. The van der Waals surface area contributed by atoms with Crippen molar-refractivity contribution < 1.29 is 24.5 Å². The SMILES string of the molecule is CCCOc1ccc(C(C)(O)CC(=O)O)cc1OCCC. The number of carbonyl (C=O) groups is 1. The highest BCUT2D eigenvalue weighted by atomic mass is 16.5. The van der Waals surface area contributed by atoms with Crippen molar-refractivity contribution in [2.45, 2.75) is 45.6 Å². The zero-order chi connectivity index (χ0) is 15.9. The van der Waals surface area contributed by atoms with E-state index < -0.39 is 11.6 Å². The van der Waals surface area contributed by atoms with E-state index in [0.29, 0.717) is 30.3 Å². The maximum absolute atomic E-state index is 10.8. The third-order valence-corrected chi connectivity index (χ3v) is 2.98. The van der Waals surface area contributed by atoms with Crippen molar-refractivity contribution in [1.82, 2.24) is 0 Å². The minimum atomic E-state index is -1.44. The highest BCUT2D eigenvalue weighted by molar-refractivity contribution is 5.68. The molecule has 0 amide bonds. The van der Waals surface area contributed by atoms with Crippen LogP contribution < -0.4 is 9.47 Å². The molecule has 1 atom stereocenters. The van der Waals surface area contributed by atoms with Crippen LogP contribution in [0.4, 0.5) is 0 Å². The van der Waals surface area contributed by atoms with E-state index in [1.807, 2.05) is 13.8 Å². The molecule has 0 bridgehead atoms. The summed E-state index contributed by atoms with van der Waals surface area (Å²) in [6, 6.07) is 5.04. The van der Waals surface area contributed by atoms with Crippen LogP contribution in [0.1, 0.15) is 45.6 Å². The highest BCUT2D eigenvalue weighted by Crippen LogP contribution is 2.34. The lowest BCUT2D eigenvalue weighted by molar-refractivity contribution is -0.142. The maximum Gasteiger partial charge on any atom is 0.306 e. The van der Waals surface area contributed by atoms with E-state index >= 15 is 0 Å². The van der Waals surface area contributed by atoms with Gasteiger partial charge >= 0.3 is 5.97 Å². The van der Waals surface area contributed by atoms with Crippen LogP contribution in [0.3, 0.4) is 0 Å². The molecule has 1 aromatic rings. The summed E-state index contributed by atoms with van der Waals surface area (Å²) in [6.45, 7) is 6.60. The van der Waals surface area contributed by atoms with E-state index in [4.69, 9.17) is 14.6 Å². The monoisotopic (exact) mass is 296 g/mol. The van der Waals surface area contributed by atoms with E-state index in [9.17, 15) is 9.90 Å². The number of aliphatic hydroxyl groups is 1. The summed E-state index contributed by atoms with van der Waals surface area (Å²) in [5.74, 6) is 0.0935. The van der Waals surface area contributed by atoms with Gasteiger partial charge in [-0.05, 0) is 37.5 Å². The smallest absolute Gasteiger partial charge is 0.306 e. The third-order valence-electron chi connectivity index (χ3n) is 2.98. The molecule has 0 spiro atoms. The van der Waals surface area contributed by atoms with Crippen molar-refractivity contribution in [3.8, 4) is 11.5 Å². The fraction of sp³-hybridized carbons (Fsp3) is 0.562. The van der Waals surface area contributed by atoms with Gasteiger partial charge in [-0.2, -0.15) is 0 Å². The van der Waals surface area contributed by atoms with Crippen LogP contribution in [0.2, 0.25) is 0 Å². The van der Waals surface area contributed by atoms with Crippen LogP contribution in [-0.2, 0) is 10.4 Å². The Labute approximate surface area is 125 Å². The first-order chi connectivity index (χ1) is 9.90. The second-order valence-corrected chi connectivity index (χ2v) is 5.20. The van der Waals surface area contributed by atoms with E-state index in [1.54, 1.807) is 18.2 Å². The number of aliphatic carboxylic acids is 1. The van der Waals surface area contributed by atoms with Gasteiger partial charge in [0.2, 0.25) is 0 Å². The van der Waals surface area contributed by atoms with E-state index in [-0.39, 0.29) is 6.42 Å². The molecule has 118 valence electrons. The minimum Gasteiger partial charge on any atom is -0.490 e.